The van der Waals surface area contributed by atoms with Gasteiger partial charge in [-0.1, -0.05) is 0 Å². The van der Waals surface area contributed by atoms with Gasteiger partial charge in [0, 0.05) is 0 Å². The van der Waals surface area contributed by atoms with Gasteiger partial charge in [-0.25, -0.2) is 5.84 Å². The topological polar surface area (TPSA) is 76.1 Å². The van der Waals surface area contributed by atoms with E-state index in [1.807, 2.05) is 0 Å². The third-order valence-corrected chi connectivity index (χ3v) is 0.690. The Morgan fingerprint density at radius 3 is 2.00 bits per heavy atom. The van der Waals surface area contributed by atoms with Gasteiger partial charge in [0.25, 0.3) is 0 Å². The molecule has 0 aliphatic rings. The van der Waals surface area contributed by atoms with Gasteiger partial charge in [0.05, 0.1) is 0 Å². The first-order valence-electron chi connectivity index (χ1n) is 1.74. The van der Waals surface area contributed by atoms with Crippen molar-refractivity contribution in [2.45, 2.75) is 0 Å². The summed E-state index contributed by atoms with van der Waals surface area (Å²) in [6, 6.07) is 0. The lowest BCUT2D eigenvalue weighted by atomic mass is 11.0. The fraction of sp³-hybridized carbons (Fsp3) is 0. The molecule has 0 aromatic heterocycles. The molecule has 0 atom stereocenters. The summed E-state index contributed by atoms with van der Waals surface area (Å²) in [5.41, 5.74) is 7.16. The van der Waals surface area contributed by atoms with E-state index in [0.717, 1.165) is 0 Å². The fourth-order valence-electron chi connectivity index (χ4n) is 0.148. The standard InChI is InChI=1S/C2H6N4S2/c3-1(7)5-2(8)6-4/h4H2,(H4,3,5,6,7,8). The van der Waals surface area contributed by atoms with E-state index >= 15 is 0 Å². The molecule has 0 unspecified atom stereocenters. The molecule has 0 aromatic rings. The van der Waals surface area contributed by atoms with Gasteiger partial charge >= 0.3 is 0 Å². The summed E-state index contributed by atoms with van der Waals surface area (Å²) in [5, 5.41) is 2.72. The number of hydrogen-bond donors (Lipinski definition) is 4. The van der Waals surface area contributed by atoms with E-state index in [4.69, 9.17) is 11.6 Å². The van der Waals surface area contributed by atoms with Crippen molar-refractivity contribution in [1.29, 1.82) is 0 Å². The second-order valence-electron chi connectivity index (χ2n) is 0.963. The summed E-state index contributed by atoms with van der Waals surface area (Å²) in [7, 11) is 0. The maximum Gasteiger partial charge on any atom is 0.186 e. The van der Waals surface area contributed by atoms with Gasteiger partial charge in [-0.15, -0.1) is 0 Å². The van der Waals surface area contributed by atoms with Crippen molar-refractivity contribution in [2.24, 2.45) is 11.6 Å². The Balaban J connectivity index is 3.40. The normalized spacial score (nSPS) is 7.62. The minimum absolute atomic E-state index is 0.105. The third-order valence-electron chi connectivity index (χ3n) is 0.368. The minimum atomic E-state index is 0.105. The van der Waals surface area contributed by atoms with Crippen LogP contribution >= 0.6 is 24.4 Å². The van der Waals surface area contributed by atoms with Gasteiger partial charge in [0.2, 0.25) is 0 Å². The number of nitrogens with one attached hydrogen (secondary N) is 2. The van der Waals surface area contributed by atoms with Crippen molar-refractivity contribution >= 4 is 34.7 Å². The van der Waals surface area contributed by atoms with E-state index in [0.29, 0.717) is 0 Å². The quantitative estimate of drug-likeness (QED) is 0.193. The maximum absolute atomic E-state index is 5.01. The zero-order valence-corrected chi connectivity index (χ0v) is 5.60. The van der Waals surface area contributed by atoms with E-state index in [1.54, 1.807) is 0 Å². The summed E-state index contributed by atoms with van der Waals surface area (Å²) in [5.74, 6) is 4.85. The van der Waals surface area contributed by atoms with Crippen LogP contribution in [0.2, 0.25) is 0 Å². The van der Waals surface area contributed by atoms with Crippen LogP contribution in [-0.2, 0) is 0 Å². The Morgan fingerprint density at radius 2 is 1.88 bits per heavy atom. The van der Waals surface area contributed by atoms with Crippen molar-refractivity contribution in [1.82, 2.24) is 10.7 Å². The highest BCUT2D eigenvalue weighted by molar-refractivity contribution is 7.81. The SMILES string of the molecule is NNC(=S)NC(N)=S. The smallest absolute Gasteiger partial charge is 0.186 e. The van der Waals surface area contributed by atoms with Gasteiger partial charge in [0.1, 0.15) is 0 Å². The average molecular weight is 150 g/mol. The summed E-state index contributed by atoms with van der Waals surface area (Å²) in [6.45, 7) is 0. The third kappa shape index (κ3) is 3.72. The van der Waals surface area contributed by atoms with Crippen LogP contribution in [-0.4, -0.2) is 10.2 Å². The molecule has 0 saturated heterocycles. The van der Waals surface area contributed by atoms with Crippen LogP contribution in [0.1, 0.15) is 0 Å². The maximum atomic E-state index is 5.01. The van der Waals surface area contributed by atoms with Crippen LogP contribution in [0.15, 0.2) is 0 Å². The largest absolute Gasteiger partial charge is 0.376 e. The fourth-order valence-corrected chi connectivity index (χ4v) is 0.425. The molecule has 0 spiro atoms. The molecule has 0 amide bonds. The van der Waals surface area contributed by atoms with Crippen LogP contribution in [0.4, 0.5) is 0 Å². The lowest BCUT2D eigenvalue weighted by Gasteiger charge is -2.01. The van der Waals surface area contributed by atoms with E-state index in [2.05, 4.69) is 35.2 Å². The average Bonchev–Trinajstić information content (AvgIpc) is 1.65. The molecule has 6 heteroatoms. The van der Waals surface area contributed by atoms with Crippen molar-refractivity contribution < 1.29 is 0 Å². The number of nitrogens with two attached hydrogens (primary N) is 2. The molecule has 0 rings (SSSR count). The van der Waals surface area contributed by atoms with Gasteiger partial charge in [-0.05, 0) is 24.4 Å². The minimum Gasteiger partial charge on any atom is -0.376 e. The van der Waals surface area contributed by atoms with Crippen molar-refractivity contribution in [2.75, 3.05) is 0 Å². The molecule has 46 valence electrons. The molecule has 0 radical (unpaired) electrons. The number of rotatable bonds is 0. The zero-order valence-electron chi connectivity index (χ0n) is 3.97. The van der Waals surface area contributed by atoms with Gasteiger partial charge < -0.3 is 16.5 Å². The summed E-state index contributed by atoms with van der Waals surface area (Å²) in [4.78, 5) is 0. The van der Waals surface area contributed by atoms with Crippen LogP contribution < -0.4 is 22.3 Å². The first kappa shape index (κ1) is 7.54. The van der Waals surface area contributed by atoms with Gasteiger partial charge in [-0.2, -0.15) is 0 Å². The van der Waals surface area contributed by atoms with E-state index in [-0.39, 0.29) is 10.2 Å². The predicted molar refractivity (Wildman–Crippen MR) is 39.8 cm³/mol. The molecule has 0 bridgehead atoms. The first-order chi connectivity index (χ1) is 3.66. The number of thiocarbonyl (C=S) groups is 2. The zero-order chi connectivity index (χ0) is 6.57. The van der Waals surface area contributed by atoms with E-state index < -0.39 is 0 Å². The molecule has 0 fully saturated rings. The lowest BCUT2D eigenvalue weighted by Crippen LogP contribution is -2.44. The number of hydrogen-bond acceptors (Lipinski definition) is 3. The Labute approximate surface area is 57.6 Å². The van der Waals surface area contributed by atoms with Crippen molar-refractivity contribution in [3.8, 4) is 0 Å². The molecule has 0 saturated carbocycles. The molecular formula is C2H6N4S2. The number of hydrazine groups is 1. The van der Waals surface area contributed by atoms with Crippen LogP contribution in [0.5, 0.6) is 0 Å². The monoisotopic (exact) mass is 150 g/mol. The second kappa shape index (κ2) is 3.53. The molecule has 0 heterocycles. The molecule has 0 aromatic carbocycles. The summed E-state index contributed by atoms with van der Waals surface area (Å²) < 4.78 is 0. The molecule has 8 heavy (non-hydrogen) atoms. The Morgan fingerprint density at radius 1 is 1.38 bits per heavy atom. The molecule has 6 N–H and O–H groups in total. The lowest BCUT2D eigenvalue weighted by molar-refractivity contribution is 1.01. The van der Waals surface area contributed by atoms with Gasteiger partial charge in [0.15, 0.2) is 10.2 Å². The van der Waals surface area contributed by atoms with E-state index in [9.17, 15) is 0 Å². The second-order valence-corrected chi connectivity index (χ2v) is 1.81. The Kier molecular flexibility index (Phi) is 3.33. The van der Waals surface area contributed by atoms with Crippen molar-refractivity contribution in [3.05, 3.63) is 0 Å². The summed E-state index contributed by atoms with van der Waals surface area (Å²) >= 11 is 8.94. The highest BCUT2D eigenvalue weighted by Crippen LogP contribution is 1.59. The first-order valence-corrected chi connectivity index (χ1v) is 2.55. The van der Waals surface area contributed by atoms with Crippen LogP contribution in [0, 0.1) is 0 Å². The molecule has 0 aliphatic heterocycles. The highest BCUT2D eigenvalue weighted by atomic mass is 32.1. The van der Waals surface area contributed by atoms with Gasteiger partial charge in [-0.3, -0.25) is 0 Å². The molecule has 0 aliphatic carbocycles. The summed E-state index contributed by atoms with van der Waals surface area (Å²) in [6.07, 6.45) is 0. The van der Waals surface area contributed by atoms with Crippen LogP contribution in [0.25, 0.3) is 0 Å². The Hall–Kier alpha value is -0.460. The van der Waals surface area contributed by atoms with Crippen LogP contribution in [0.3, 0.4) is 0 Å². The van der Waals surface area contributed by atoms with E-state index in [1.165, 1.54) is 0 Å². The molecular weight excluding hydrogens is 144 g/mol. The van der Waals surface area contributed by atoms with Crippen molar-refractivity contribution in [3.63, 3.8) is 0 Å². The molecule has 4 nitrogen and oxygen atoms in total. The predicted octanol–water partition coefficient (Wildman–Crippen LogP) is -1.43. The highest BCUT2D eigenvalue weighted by Gasteiger charge is 1.88. The Bertz CT molecular complexity index is 111.